The molecule has 2 heteroatoms. The van der Waals surface area contributed by atoms with Crippen molar-refractivity contribution in [2.75, 3.05) is 6.61 Å². The molecule has 0 aromatic heterocycles. The number of carbonyl (C=O) groups is 1. The Bertz CT molecular complexity index is 437. The molecule has 96 valence electrons. The molecule has 0 amide bonds. The summed E-state index contributed by atoms with van der Waals surface area (Å²) in [5.41, 5.74) is 3.39. The van der Waals surface area contributed by atoms with Crippen molar-refractivity contribution in [1.82, 2.24) is 0 Å². The Labute approximate surface area is 109 Å². The molecule has 0 atom stereocenters. The van der Waals surface area contributed by atoms with Gasteiger partial charge in [0.25, 0.3) is 0 Å². The Kier molecular flexibility index (Phi) is 5.92. The summed E-state index contributed by atoms with van der Waals surface area (Å²) < 4.78 is 5.15. The van der Waals surface area contributed by atoms with Gasteiger partial charge in [-0.3, -0.25) is 4.79 Å². The average molecular weight is 244 g/mol. The van der Waals surface area contributed by atoms with E-state index in [1.165, 1.54) is 5.57 Å². The second-order valence-corrected chi connectivity index (χ2v) is 4.46. The van der Waals surface area contributed by atoms with E-state index in [-0.39, 0.29) is 5.97 Å². The smallest absolute Gasteiger partial charge is 0.309 e. The third-order valence-corrected chi connectivity index (χ3v) is 2.70. The maximum absolute atomic E-state index is 11.5. The van der Waals surface area contributed by atoms with Crippen LogP contribution in [0.2, 0.25) is 0 Å². The molecule has 0 fully saturated rings. The lowest BCUT2D eigenvalue weighted by molar-refractivity contribution is -0.141. The molecule has 0 N–H and O–H groups in total. The molecule has 1 aromatic rings. The molecule has 0 unspecified atom stereocenters. The highest BCUT2D eigenvalue weighted by Crippen LogP contribution is 2.05. The predicted molar refractivity (Wildman–Crippen MR) is 75.1 cm³/mol. The Hall–Kier alpha value is -1.83. The minimum absolute atomic E-state index is 0.192. The fourth-order valence-electron chi connectivity index (χ4n) is 1.25. The highest BCUT2D eigenvalue weighted by Gasteiger charge is 2.00. The molecule has 0 bridgehead atoms. The molecule has 0 spiro atoms. The largest absolute Gasteiger partial charge is 0.461 e. The molecule has 0 radical (unpaired) electrons. The van der Waals surface area contributed by atoms with Gasteiger partial charge in [-0.1, -0.05) is 48.1 Å². The van der Waals surface area contributed by atoms with Gasteiger partial charge in [-0.15, -0.1) is 0 Å². The van der Waals surface area contributed by atoms with E-state index in [4.69, 9.17) is 4.74 Å². The fraction of sp³-hybridized carbons (Fsp3) is 0.312. The van der Waals surface area contributed by atoms with Gasteiger partial charge in [-0.25, -0.2) is 0 Å². The van der Waals surface area contributed by atoms with Gasteiger partial charge in [0.05, 0.1) is 6.42 Å². The third-order valence-electron chi connectivity index (χ3n) is 2.70. The molecule has 0 saturated heterocycles. The Morgan fingerprint density at radius 1 is 1.17 bits per heavy atom. The lowest BCUT2D eigenvalue weighted by atomic mass is 10.2. The maximum atomic E-state index is 11.5. The van der Waals surface area contributed by atoms with Crippen LogP contribution in [0.4, 0.5) is 0 Å². The van der Waals surface area contributed by atoms with Gasteiger partial charge in [0.2, 0.25) is 0 Å². The number of allylic oxidation sites excluding steroid dienone is 1. The fourth-order valence-corrected chi connectivity index (χ4v) is 1.25. The van der Waals surface area contributed by atoms with Crippen molar-refractivity contribution in [2.45, 2.75) is 27.2 Å². The molecule has 0 aliphatic carbocycles. The van der Waals surface area contributed by atoms with Crippen LogP contribution in [0.15, 0.2) is 47.6 Å². The summed E-state index contributed by atoms with van der Waals surface area (Å²) in [6.45, 7) is 6.39. The molecule has 0 heterocycles. The first-order valence-corrected chi connectivity index (χ1v) is 6.09. The molecule has 18 heavy (non-hydrogen) atoms. The van der Waals surface area contributed by atoms with Gasteiger partial charge in [-0.05, 0) is 31.9 Å². The minimum atomic E-state index is -0.192. The summed E-state index contributed by atoms with van der Waals surface area (Å²) in [7, 11) is 0. The van der Waals surface area contributed by atoms with Crippen LogP contribution in [0.3, 0.4) is 0 Å². The average Bonchev–Trinajstić information content (AvgIpc) is 2.37. The summed E-state index contributed by atoms with van der Waals surface area (Å²) in [5.74, 6) is -0.192. The van der Waals surface area contributed by atoms with Gasteiger partial charge >= 0.3 is 5.97 Å². The van der Waals surface area contributed by atoms with Crippen molar-refractivity contribution in [1.29, 1.82) is 0 Å². The molecular formula is C16H20O2. The molecule has 1 rings (SSSR count). The number of hydrogen-bond donors (Lipinski definition) is 0. The van der Waals surface area contributed by atoms with Crippen LogP contribution in [-0.4, -0.2) is 12.6 Å². The van der Waals surface area contributed by atoms with E-state index < -0.39 is 0 Å². The molecule has 0 aliphatic heterocycles. The van der Waals surface area contributed by atoms with E-state index in [9.17, 15) is 4.79 Å². The summed E-state index contributed by atoms with van der Waals surface area (Å²) in [6, 6.07) is 9.89. The van der Waals surface area contributed by atoms with Crippen molar-refractivity contribution in [3.05, 3.63) is 53.1 Å². The highest BCUT2D eigenvalue weighted by atomic mass is 16.5. The third kappa shape index (κ3) is 5.48. The lowest BCUT2D eigenvalue weighted by Gasteiger charge is -2.05. The zero-order chi connectivity index (χ0) is 13.4. The monoisotopic (exact) mass is 244 g/mol. The molecule has 0 aliphatic rings. The maximum Gasteiger partial charge on any atom is 0.309 e. The summed E-state index contributed by atoms with van der Waals surface area (Å²) in [5, 5.41) is 0. The summed E-state index contributed by atoms with van der Waals surface area (Å²) in [6.07, 6.45) is 4.06. The Morgan fingerprint density at radius 2 is 1.83 bits per heavy atom. The second-order valence-electron chi connectivity index (χ2n) is 4.46. The first-order chi connectivity index (χ1) is 8.59. The highest BCUT2D eigenvalue weighted by molar-refractivity contribution is 5.72. The molecule has 1 aromatic carbocycles. The van der Waals surface area contributed by atoms with Crippen LogP contribution in [0.1, 0.15) is 32.8 Å². The number of benzene rings is 1. The molecule has 2 nitrogen and oxygen atoms in total. The van der Waals surface area contributed by atoms with E-state index >= 15 is 0 Å². The first-order valence-electron chi connectivity index (χ1n) is 6.09. The minimum Gasteiger partial charge on any atom is -0.461 e. The van der Waals surface area contributed by atoms with Crippen LogP contribution in [0, 0.1) is 0 Å². The van der Waals surface area contributed by atoms with E-state index in [0.29, 0.717) is 13.0 Å². The van der Waals surface area contributed by atoms with Gasteiger partial charge < -0.3 is 4.74 Å². The van der Waals surface area contributed by atoms with Crippen LogP contribution < -0.4 is 0 Å². The lowest BCUT2D eigenvalue weighted by Crippen LogP contribution is -2.05. The van der Waals surface area contributed by atoms with Crippen LogP contribution in [0.5, 0.6) is 0 Å². The van der Waals surface area contributed by atoms with Gasteiger partial charge in [0.15, 0.2) is 0 Å². The van der Waals surface area contributed by atoms with Gasteiger partial charge in [0.1, 0.15) is 6.61 Å². The van der Waals surface area contributed by atoms with Crippen molar-refractivity contribution in [3.8, 4) is 0 Å². The van der Waals surface area contributed by atoms with E-state index in [1.54, 1.807) is 0 Å². The number of rotatable bonds is 5. The van der Waals surface area contributed by atoms with Gasteiger partial charge in [-0.2, -0.15) is 0 Å². The van der Waals surface area contributed by atoms with E-state index in [2.05, 4.69) is 0 Å². The van der Waals surface area contributed by atoms with Crippen LogP contribution in [0.25, 0.3) is 6.08 Å². The van der Waals surface area contributed by atoms with Crippen LogP contribution >= 0.6 is 0 Å². The van der Waals surface area contributed by atoms with Crippen molar-refractivity contribution < 1.29 is 9.53 Å². The summed E-state index contributed by atoms with van der Waals surface area (Å²) >= 11 is 0. The topological polar surface area (TPSA) is 26.3 Å². The Morgan fingerprint density at radius 3 is 2.44 bits per heavy atom. The number of hydrogen-bond acceptors (Lipinski definition) is 2. The quantitative estimate of drug-likeness (QED) is 0.578. The Balaban J connectivity index is 2.34. The van der Waals surface area contributed by atoms with Crippen molar-refractivity contribution in [3.63, 3.8) is 0 Å². The molecule has 0 saturated carbocycles. The number of carbonyl (C=O) groups excluding carboxylic acids is 1. The van der Waals surface area contributed by atoms with E-state index in [0.717, 1.165) is 11.1 Å². The molecular weight excluding hydrogens is 224 g/mol. The van der Waals surface area contributed by atoms with Crippen molar-refractivity contribution in [2.24, 2.45) is 0 Å². The van der Waals surface area contributed by atoms with Crippen LogP contribution in [-0.2, 0) is 9.53 Å². The second kappa shape index (κ2) is 7.49. The zero-order valence-corrected chi connectivity index (χ0v) is 11.3. The zero-order valence-electron chi connectivity index (χ0n) is 11.3. The normalized spacial score (nSPS) is 10.4. The first kappa shape index (κ1) is 14.2. The predicted octanol–water partition coefficient (Wildman–Crippen LogP) is 3.99. The summed E-state index contributed by atoms with van der Waals surface area (Å²) in [4.78, 5) is 11.5. The van der Waals surface area contributed by atoms with Crippen molar-refractivity contribution >= 4 is 12.0 Å². The standard InChI is InChI=1S/C16H20O2/c1-13(2)14(3)12-18-16(17)11-7-10-15-8-5-4-6-9-15/h4-10H,11-12H2,1-3H3/b10-7+. The van der Waals surface area contributed by atoms with E-state index in [1.807, 2.05) is 63.3 Å². The SMILES string of the molecule is CC(C)=C(C)COC(=O)C/C=C/c1ccccc1. The number of esters is 1. The van der Waals surface area contributed by atoms with Gasteiger partial charge in [0, 0.05) is 0 Å². The number of ether oxygens (including phenoxy) is 1.